The molecule has 2 aromatic carbocycles. The summed E-state index contributed by atoms with van der Waals surface area (Å²) in [5.41, 5.74) is 1.26. The lowest BCUT2D eigenvalue weighted by molar-refractivity contribution is -0.946. The zero-order valence-corrected chi connectivity index (χ0v) is 20.6. The summed E-state index contributed by atoms with van der Waals surface area (Å²) < 4.78 is 17.8. The second-order valence-corrected chi connectivity index (χ2v) is 9.38. The number of hydrogen-bond acceptors (Lipinski definition) is 5. The lowest BCUT2D eigenvalue weighted by atomic mass is 9.83. The van der Waals surface area contributed by atoms with Crippen LogP contribution in [-0.4, -0.2) is 74.8 Å². The van der Waals surface area contributed by atoms with E-state index in [1.165, 1.54) is 0 Å². The molecule has 0 unspecified atom stereocenters. The predicted octanol–water partition coefficient (Wildman–Crippen LogP) is -0.278. The number of benzene rings is 2. The number of halogens is 1. The van der Waals surface area contributed by atoms with Crippen molar-refractivity contribution in [3.05, 3.63) is 59.7 Å². The molecule has 1 aliphatic carbocycles. The molecule has 0 amide bonds. The Morgan fingerprint density at radius 2 is 1.61 bits per heavy atom. The van der Waals surface area contributed by atoms with E-state index in [1.807, 2.05) is 48.5 Å². The van der Waals surface area contributed by atoms with E-state index in [-0.39, 0.29) is 23.1 Å². The molecule has 1 atom stereocenters. The fourth-order valence-electron chi connectivity index (χ4n) is 5.83. The monoisotopic (exact) mass is 517 g/mol. The van der Waals surface area contributed by atoms with E-state index < -0.39 is 11.6 Å². The van der Waals surface area contributed by atoms with Gasteiger partial charge in [-0.2, -0.15) is 0 Å². The highest BCUT2D eigenvalue weighted by molar-refractivity contribution is 5.96. The molecule has 4 aliphatic rings. The minimum Gasteiger partial charge on any atom is -1.00 e. The number of ether oxygens (including phenoxy) is 3. The van der Waals surface area contributed by atoms with Crippen molar-refractivity contribution in [1.29, 1.82) is 0 Å². The lowest BCUT2D eigenvalue weighted by Gasteiger charge is -2.52. The molecule has 2 aromatic rings. The summed E-state index contributed by atoms with van der Waals surface area (Å²) in [5, 5.41) is 11.7. The lowest BCUT2D eigenvalue weighted by Crippen LogP contribution is -3.00. The van der Waals surface area contributed by atoms with Crippen LogP contribution in [0.2, 0.25) is 0 Å². The van der Waals surface area contributed by atoms with Crippen LogP contribution in [0, 0.1) is 5.92 Å². The summed E-state index contributed by atoms with van der Waals surface area (Å²) in [7, 11) is 1.68. The third-order valence-corrected chi connectivity index (χ3v) is 7.66. The summed E-state index contributed by atoms with van der Waals surface area (Å²) in [6.45, 7) is 5.79. The Balaban J connectivity index is 0.00000259. The molecule has 7 heteroatoms. The highest BCUT2D eigenvalue weighted by atomic mass is 79.9. The maximum absolute atomic E-state index is 13.6. The molecule has 0 spiro atoms. The Labute approximate surface area is 205 Å². The van der Waals surface area contributed by atoms with Crippen LogP contribution in [0.25, 0.3) is 11.1 Å². The van der Waals surface area contributed by atoms with Crippen molar-refractivity contribution in [1.82, 2.24) is 0 Å². The maximum Gasteiger partial charge on any atom is 0.348 e. The quantitative estimate of drug-likeness (QED) is 0.296. The van der Waals surface area contributed by atoms with E-state index in [4.69, 9.17) is 14.2 Å². The number of nitrogens with zero attached hydrogens (tertiary/aromatic N) is 1. The number of esters is 1. The van der Waals surface area contributed by atoms with Gasteiger partial charge in [0.05, 0.1) is 32.9 Å². The van der Waals surface area contributed by atoms with E-state index in [1.54, 1.807) is 7.11 Å². The average Bonchev–Trinajstić information content (AvgIpc) is 3.10. The predicted molar refractivity (Wildman–Crippen MR) is 120 cm³/mol. The van der Waals surface area contributed by atoms with Crippen LogP contribution in [0.1, 0.15) is 24.0 Å². The van der Waals surface area contributed by atoms with Gasteiger partial charge in [-0.15, -0.1) is 0 Å². The third kappa shape index (κ3) is 4.26. The molecular weight excluding hydrogens is 486 g/mol. The molecule has 33 heavy (non-hydrogen) atoms. The number of carbonyl (C=O) groups excluding carboxylic acids is 1. The number of rotatable bonds is 8. The van der Waals surface area contributed by atoms with Crippen molar-refractivity contribution in [3.63, 3.8) is 0 Å². The van der Waals surface area contributed by atoms with E-state index in [9.17, 15) is 9.90 Å². The fourth-order valence-corrected chi connectivity index (χ4v) is 5.83. The molecule has 2 bridgehead atoms. The van der Waals surface area contributed by atoms with E-state index in [0.29, 0.717) is 36.9 Å². The van der Waals surface area contributed by atoms with Crippen LogP contribution in [0.4, 0.5) is 0 Å². The first-order chi connectivity index (χ1) is 15.6. The second-order valence-electron chi connectivity index (χ2n) is 9.38. The second kappa shape index (κ2) is 9.84. The van der Waals surface area contributed by atoms with Crippen LogP contribution in [0.5, 0.6) is 0 Å². The third-order valence-electron chi connectivity index (χ3n) is 7.66. The number of piperidine rings is 3. The van der Waals surface area contributed by atoms with Crippen LogP contribution < -0.4 is 17.0 Å². The normalized spacial score (nSPS) is 26.2. The number of hydrogen-bond donors (Lipinski definition) is 1. The van der Waals surface area contributed by atoms with Crippen molar-refractivity contribution in [3.8, 4) is 11.1 Å². The number of carbonyl (C=O) groups is 1. The van der Waals surface area contributed by atoms with Gasteiger partial charge >= 0.3 is 5.97 Å². The standard InChI is InChI=1S/C26H32NO5.BrH/c1-30-16-17-31-15-14-27-12-10-19(11-13-27)24(18-27)32-25(28)26(29)22-8-4-2-6-20(22)21-7-3-5-9-23(21)26;/h2-9,19,24,29H,10-18H2,1H3;1H/q+1;/p-1/t19?,24-,27?;/m0./s1. The molecule has 3 saturated heterocycles. The van der Waals surface area contributed by atoms with Gasteiger partial charge in [-0.25, -0.2) is 4.79 Å². The van der Waals surface area contributed by atoms with E-state index >= 15 is 0 Å². The largest absolute Gasteiger partial charge is 1.00 e. The Morgan fingerprint density at radius 1 is 1.00 bits per heavy atom. The van der Waals surface area contributed by atoms with Gasteiger partial charge in [0.25, 0.3) is 0 Å². The van der Waals surface area contributed by atoms with Crippen LogP contribution in [0.3, 0.4) is 0 Å². The van der Waals surface area contributed by atoms with E-state index in [0.717, 1.165) is 54.6 Å². The Kier molecular flexibility index (Phi) is 7.26. The molecule has 0 aromatic heterocycles. The van der Waals surface area contributed by atoms with Gasteiger partial charge in [0.1, 0.15) is 13.1 Å². The smallest absolute Gasteiger partial charge is 0.348 e. The molecule has 3 fully saturated rings. The van der Waals surface area contributed by atoms with Gasteiger partial charge in [0.15, 0.2) is 6.10 Å². The Bertz CT molecular complexity index is 943. The summed E-state index contributed by atoms with van der Waals surface area (Å²) in [6, 6.07) is 15.2. The van der Waals surface area contributed by atoms with Crippen molar-refractivity contribution >= 4 is 5.97 Å². The van der Waals surface area contributed by atoms with Gasteiger partial charge in [-0.1, -0.05) is 48.5 Å². The van der Waals surface area contributed by atoms with Crippen molar-refractivity contribution in [2.75, 3.05) is 53.1 Å². The Morgan fingerprint density at radius 3 is 2.21 bits per heavy atom. The highest BCUT2D eigenvalue weighted by Gasteiger charge is 2.53. The molecule has 6 nitrogen and oxygen atoms in total. The molecule has 0 radical (unpaired) electrons. The van der Waals surface area contributed by atoms with Crippen molar-refractivity contribution in [2.24, 2.45) is 5.92 Å². The molecule has 0 saturated carbocycles. The van der Waals surface area contributed by atoms with Crippen LogP contribution in [-0.2, 0) is 24.6 Å². The molecule has 3 heterocycles. The zero-order valence-electron chi connectivity index (χ0n) is 19.0. The Hall–Kier alpha value is -1.77. The van der Waals surface area contributed by atoms with Gasteiger partial charge in [0.2, 0.25) is 5.60 Å². The summed E-state index contributed by atoms with van der Waals surface area (Å²) in [6.07, 6.45) is 1.91. The number of methoxy groups -OCH3 is 1. The number of quaternary nitrogens is 1. The van der Waals surface area contributed by atoms with Gasteiger partial charge in [-0.3, -0.25) is 0 Å². The average molecular weight is 518 g/mol. The van der Waals surface area contributed by atoms with Crippen molar-refractivity contribution in [2.45, 2.75) is 24.5 Å². The van der Waals surface area contributed by atoms with E-state index in [2.05, 4.69) is 0 Å². The number of aliphatic hydroxyl groups is 1. The first-order valence-corrected chi connectivity index (χ1v) is 11.6. The van der Waals surface area contributed by atoms with Crippen LogP contribution >= 0.6 is 0 Å². The highest BCUT2D eigenvalue weighted by Crippen LogP contribution is 2.48. The molecule has 6 rings (SSSR count). The van der Waals surface area contributed by atoms with Gasteiger partial charge < -0.3 is 40.8 Å². The first kappa shape index (κ1) is 24.4. The zero-order chi connectivity index (χ0) is 22.2. The molecule has 178 valence electrons. The first-order valence-electron chi connectivity index (χ1n) is 11.6. The van der Waals surface area contributed by atoms with Crippen LogP contribution in [0.15, 0.2) is 48.5 Å². The summed E-state index contributed by atoms with van der Waals surface area (Å²) >= 11 is 0. The molecular formula is C26H32BrNO5. The summed E-state index contributed by atoms with van der Waals surface area (Å²) in [4.78, 5) is 13.6. The van der Waals surface area contributed by atoms with Crippen molar-refractivity contribution < 1.29 is 45.6 Å². The minimum atomic E-state index is -1.76. The SMILES string of the molecule is COCCOCC[N+]12CCC(CC1)[C@@H](OC(=O)C1(O)c3ccccc3-c3ccccc31)C2.[Br-]. The van der Waals surface area contributed by atoms with Gasteiger partial charge in [-0.05, 0) is 11.1 Å². The van der Waals surface area contributed by atoms with Gasteiger partial charge in [0, 0.05) is 37.0 Å². The minimum absolute atomic E-state index is 0. The number of fused-ring (bicyclic) bond motifs is 6. The maximum atomic E-state index is 13.6. The topological polar surface area (TPSA) is 65.0 Å². The molecule has 1 N–H and O–H groups in total. The molecule has 3 aliphatic heterocycles. The summed E-state index contributed by atoms with van der Waals surface area (Å²) in [5.74, 6) is -0.188. The fraction of sp³-hybridized carbons (Fsp3) is 0.500.